The molecular weight excluding hydrogens is 388 g/mol. The monoisotopic (exact) mass is 406 g/mol. The molecule has 0 radical (unpaired) electrons. The second-order valence-electron chi connectivity index (χ2n) is 6.93. The molecule has 1 amide bonds. The second kappa shape index (κ2) is 6.84. The van der Waals surface area contributed by atoms with Gasteiger partial charge in [0.2, 0.25) is 18.9 Å². The van der Waals surface area contributed by atoms with E-state index in [0.29, 0.717) is 22.6 Å². The van der Waals surface area contributed by atoms with Crippen molar-refractivity contribution >= 4 is 28.5 Å². The van der Waals surface area contributed by atoms with Crippen LogP contribution in [0.3, 0.4) is 0 Å². The Morgan fingerprint density at radius 1 is 1.17 bits per heavy atom. The second-order valence-corrected chi connectivity index (χ2v) is 6.93. The minimum Gasteiger partial charge on any atom is -0.476 e. The first-order valence-electron chi connectivity index (χ1n) is 9.50. The lowest BCUT2D eigenvalue weighted by Gasteiger charge is -2.24. The summed E-state index contributed by atoms with van der Waals surface area (Å²) in [4.78, 5) is 29.4. The van der Waals surface area contributed by atoms with Crippen LogP contribution in [0.25, 0.3) is 16.7 Å². The van der Waals surface area contributed by atoms with Crippen LogP contribution in [0, 0.1) is 0 Å². The Labute approximate surface area is 171 Å². The Bertz CT molecular complexity index is 1210. The number of H-pyrrole nitrogens is 1. The van der Waals surface area contributed by atoms with E-state index in [-0.39, 0.29) is 30.6 Å². The molecule has 3 aromatic rings. The van der Waals surface area contributed by atoms with Gasteiger partial charge in [-0.1, -0.05) is 25.1 Å². The van der Waals surface area contributed by atoms with Gasteiger partial charge in [-0.05, 0) is 24.3 Å². The van der Waals surface area contributed by atoms with Crippen LogP contribution >= 0.6 is 0 Å². The standard InChI is InChI=1S/C22H18N2O6/c1-2-18(25)24-19(22(26)27)20(14-10-23-15-6-4-3-5-13(14)15)30-21(24)12-7-8-16-17(9-12)29-11-28-16/h3-10,21,23H,2,11H2,1H3,(H,26,27). The third kappa shape index (κ3) is 2.68. The average molecular weight is 406 g/mol. The molecule has 0 saturated carbocycles. The van der Waals surface area contributed by atoms with Gasteiger partial charge in [0, 0.05) is 34.6 Å². The highest BCUT2D eigenvalue weighted by molar-refractivity contribution is 6.03. The molecule has 2 aromatic carbocycles. The number of benzene rings is 2. The smallest absolute Gasteiger partial charge is 0.356 e. The van der Waals surface area contributed by atoms with E-state index in [9.17, 15) is 14.7 Å². The number of hydrogen-bond donors (Lipinski definition) is 2. The molecule has 5 rings (SSSR count). The lowest BCUT2D eigenvalue weighted by atomic mass is 10.1. The number of fused-ring (bicyclic) bond motifs is 2. The molecule has 2 aliphatic heterocycles. The number of para-hydroxylation sites is 1. The first-order chi connectivity index (χ1) is 14.6. The van der Waals surface area contributed by atoms with Crippen LogP contribution in [0.5, 0.6) is 11.5 Å². The Balaban J connectivity index is 1.66. The van der Waals surface area contributed by atoms with Crippen LogP contribution in [0.15, 0.2) is 54.4 Å². The molecule has 8 nitrogen and oxygen atoms in total. The third-order valence-electron chi connectivity index (χ3n) is 5.21. The molecule has 0 bridgehead atoms. The largest absolute Gasteiger partial charge is 0.476 e. The summed E-state index contributed by atoms with van der Waals surface area (Å²) in [5.41, 5.74) is 1.83. The number of nitrogens with zero attached hydrogens (tertiary/aromatic N) is 1. The maximum Gasteiger partial charge on any atom is 0.356 e. The molecule has 0 spiro atoms. The molecule has 30 heavy (non-hydrogen) atoms. The molecule has 152 valence electrons. The predicted molar refractivity (Wildman–Crippen MR) is 106 cm³/mol. The molecule has 1 aromatic heterocycles. The van der Waals surface area contributed by atoms with Gasteiger partial charge >= 0.3 is 5.97 Å². The van der Waals surface area contributed by atoms with Gasteiger partial charge in [0.05, 0.1) is 0 Å². The van der Waals surface area contributed by atoms with Crippen LogP contribution in [0.1, 0.15) is 30.7 Å². The fraction of sp³-hybridized carbons (Fsp3) is 0.182. The molecule has 1 atom stereocenters. The Hall–Kier alpha value is -3.94. The fourth-order valence-electron chi connectivity index (χ4n) is 3.81. The Morgan fingerprint density at radius 2 is 1.97 bits per heavy atom. The van der Waals surface area contributed by atoms with Crippen LogP contribution < -0.4 is 9.47 Å². The van der Waals surface area contributed by atoms with E-state index in [1.165, 1.54) is 4.90 Å². The number of ether oxygens (including phenoxy) is 3. The molecule has 2 N–H and O–H groups in total. The van der Waals surface area contributed by atoms with E-state index in [1.54, 1.807) is 31.3 Å². The zero-order valence-corrected chi connectivity index (χ0v) is 16.0. The van der Waals surface area contributed by atoms with Gasteiger partial charge in [-0.3, -0.25) is 9.69 Å². The molecule has 1 unspecified atom stereocenters. The lowest BCUT2D eigenvalue weighted by molar-refractivity contribution is -0.143. The number of carbonyl (C=O) groups excluding carboxylic acids is 1. The van der Waals surface area contributed by atoms with E-state index < -0.39 is 12.2 Å². The van der Waals surface area contributed by atoms with Crippen molar-refractivity contribution in [3.05, 3.63) is 65.5 Å². The van der Waals surface area contributed by atoms with Crippen LogP contribution in [0.4, 0.5) is 0 Å². The number of hydrogen-bond acceptors (Lipinski definition) is 5. The first-order valence-corrected chi connectivity index (χ1v) is 9.50. The maximum absolute atomic E-state index is 12.8. The van der Waals surface area contributed by atoms with Crippen molar-refractivity contribution in [1.82, 2.24) is 9.88 Å². The number of carboxylic acid groups (broad SMARTS) is 1. The SMILES string of the molecule is CCC(=O)N1C(C(=O)O)=C(c2c[nH]c3ccccc23)OC1c1ccc2c(c1)OCO2. The van der Waals surface area contributed by atoms with E-state index in [4.69, 9.17) is 14.2 Å². The first kappa shape index (κ1) is 18.1. The van der Waals surface area contributed by atoms with Gasteiger partial charge in [0.1, 0.15) is 0 Å². The summed E-state index contributed by atoms with van der Waals surface area (Å²) in [6.45, 7) is 1.79. The van der Waals surface area contributed by atoms with Crippen molar-refractivity contribution in [1.29, 1.82) is 0 Å². The molecule has 0 saturated heterocycles. The summed E-state index contributed by atoms with van der Waals surface area (Å²) in [6.07, 6.45) is 0.892. The lowest BCUT2D eigenvalue weighted by Crippen LogP contribution is -2.33. The topological polar surface area (TPSA) is 101 Å². The van der Waals surface area contributed by atoms with Gasteiger partial charge < -0.3 is 24.3 Å². The van der Waals surface area contributed by atoms with Crippen LogP contribution in [0.2, 0.25) is 0 Å². The highest BCUT2D eigenvalue weighted by atomic mass is 16.7. The van der Waals surface area contributed by atoms with Gasteiger partial charge in [0.25, 0.3) is 0 Å². The van der Waals surface area contributed by atoms with E-state index >= 15 is 0 Å². The molecule has 8 heteroatoms. The minimum absolute atomic E-state index is 0.112. The van der Waals surface area contributed by atoms with Crippen molar-refractivity contribution in [3.63, 3.8) is 0 Å². The zero-order chi connectivity index (χ0) is 20.8. The minimum atomic E-state index is -1.24. The number of aromatic amines is 1. The molecule has 2 aliphatic rings. The van der Waals surface area contributed by atoms with Gasteiger partial charge in [-0.25, -0.2) is 4.79 Å². The Morgan fingerprint density at radius 3 is 2.77 bits per heavy atom. The number of aliphatic carboxylic acids is 1. The quantitative estimate of drug-likeness (QED) is 0.686. The van der Waals surface area contributed by atoms with Crippen molar-refractivity contribution in [2.24, 2.45) is 0 Å². The summed E-state index contributed by atoms with van der Waals surface area (Å²) in [5.74, 6) is -0.333. The van der Waals surface area contributed by atoms with Crippen molar-refractivity contribution in [2.45, 2.75) is 19.6 Å². The zero-order valence-electron chi connectivity index (χ0n) is 16.0. The number of carbonyl (C=O) groups is 2. The van der Waals surface area contributed by atoms with Crippen molar-refractivity contribution in [3.8, 4) is 11.5 Å². The Kier molecular flexibility index (Phi) is 4.13. The summed E-state index contributed by atoms with van der Waals surface area (Å²) in [5, 5.41) is 10.8. The number of carboxylic acids is 1. The van der Waals surface area contributed by atoms with Crippen LogP contribution in [-0.2, 0) is 14.3 Å². The van der Waals surface area contributed by atoms with E-state index in [1.807, 2.05) is 24.3 Å². The summed E-state index contributed by atoms with van der Waals surface area (Å²) in [7, 11) is 0. The highest BCUT2D eigenvalue weighted by Gasteiger charge is 2.43. The molecule has 0 aliphatic carbocycles. The van der Waals surface area contributed by atoms with E-state index in [2.05, 4.69) is 4.98 Å². The number of nitrogens with one attached hydrogen (secondary N) is 1. The normalized spacial score (nSPS) is 17.5. The third-order valence-corrected chi connectivity index (χ3v) is 5.21. The van der Waals surface area contributed by atoms with Gasteiger partial charge in [-0.2, -0.15) is 0 Å². The molecular formula is C22H18N2O6. The van der Waals surface area contributed by atoms with Crippen molar-refractivity contribution < 1.29 is 28.9 Å². The fourth-order valence-corrected chi connectivity index (χ4v) is 3.81. The van der Waals surface area contributed by atoms with Gasteiger partial charge in [0.15, 0.2) is 23.0 Å². The average Bonchev–Trinajstić information content (AvgIpc) is 3.47. The van der Waals surface area contributed by atoms with E-state index in [0.717, 1.165) is 10.9 Å². The number of amides is 1. The maximum atomic E-state index is 12.8. The highest BCUT2D eigenvalue weighted by Crippen LogP contribution is 2.45. The summed E-state index contributed by atoms with van der Waals surface area (Å²) >= 11 is 0. The number of rotatable bonds is 4. The molecule has 0 fully saturated rings. The molecule has 3 heterocycles. The van der Waals surface area contributed by atoms with Crippen LogP contribution in [-0.4, -0.2) is 33.7 Å². The van der Waals surface area contributed by atoms with Gasteiger partial charge in [-0.15, -0.1) is 0 Å². The summed E-state index contributed by atoms with van der Waals surface area (Å²) in [6, 6.07) is 12.7. The number of aromatic nitrogens is 1. The summed E-state index contributed by atoms with van der Waals surface area (Å²) < 4.78 is 16.9. The predicted octanol–water partition coefficient (Wildman–Crippen LogP) is 3.62. The van der Waals surface area contributed by atoms with Crippen molar-refractivity contribution in [2.75, 3.05) is 6.79 Å².